The molecule has 8 fully saturated rings. The molecular formula is C39H51N3O9. The number of ether oxygens (including phenoxy) is 3. The number of methoxy groups -OCH3 is 2. The number of aliphatic carboxylic acids is 1. The van der Waals surface area contributed by atoms with Gasteiger partial charge in [-0.3, -0.25) is 24.3 Å². The number of hydrogen-bond acceptors (Lipinski definition) is 11. The number of carboxylic acids is 1. The van der Waals surface area contributed by atoms with E-state index < -0.39 is 24.1 Å². The van der Waals surface area contributed by atoms with Gasteiger partial charge >= 0.3 is 23.9 Å². The van der Waals surface area contributed by atoms with Gasteiger partial charge in [0.15, 0.2) is 0 Å². The van der Waals surface area contributed by atoms with Crippen LogP contribution in [0.25, 0.3) is 0 Å². The standard InChI is InChI=1S/C18H21NO4.C11H15NO2.C10H15NO3/c1-19-13-8-9-18(13)10-12(14(15(18)19)17(21)22-2)23-16(20)11-6-4-3-5-7-11;1-12-8-4-6-11(8)5-3-7(9(11)12)10(13)14-2;1-11-6-2-3-10(6)4-5(12)7(8(10)11)9(13)14/h3-7,12-15H,8-10H2,1-2H3;3,8-9H,4-6H2,1-2H3;5-8,12H,2-4H2,1H3,(H,13,14). The van der Waals surface area contributed by atoms with Crippen molar-refractivity contribution < 1.29 is 43.6 Å². The van der Waals surface area contributed by atoms with Crippen LogP contribution in [0.1, 0.15) is 68.1 Å². The molecule has 0 bridgehead atoms. The SMILES string of the molecule is CN1C2CCC23CC(O)C(C(=O)O)C13.COC(=O)C1=CCC23CCC2N(C)C13.COC(=O)C1C(OC(=O)c2ccccc2)CC23CCC2N(C)C13. The minimum atomic E-state index is -0.837. The molecule has 12 nitrogen and oxygen atoms in total. The van der Waals surface area contributed by atoms with E-state index in [2.05, 4.69) is 34.9 Å². The van der Waals surface area contributed by atoms with Crippen LogP contribution >= 0.6 is 0 Å². The third-order valence-electron chi connectivity index (χ3n) is 15.2. The molecule has 10 rings (SSSR count). The molecule has 3 heterocycles. The lowest BCUT2D eigenvalue weighted by Crippen LogP contribution is -2.75. The molecule has 1 aromatic carbocycles. The average Bonchev–Trinajstić information content (AvgIpc) is 3.76. The third kappa shape index (κ3) is 4.58. The Kier molecular flexibility index (Phi) is 8.25. The van der Waals surface area contributed by atoms with Crippen LogP contribution in [0.3, 0.4) is 0 Å². The Morgan fingerprint density at radius 1 is 0.745 bits per heavy atom. The second kappa shape index (κ2) is 12.1. The van der Waals surface area contributed by atoms with E-state index in [0.717, 1.165) is 37.3 Å². The highest BCUT2D eigenvalue weighted by Gasteiger charge is 2.74. The van der Waals surface area contributed by atoms with Crippen LogP contribution in [0.4, 0.5) is 0 Å². The van der Waals surface area contributed by atoms with E-state index in [9.17, 15) is 24.3 Å². The van der Waals surface area contributed by atoms with E-state index in [1.807, 2.05) is 13.1 Å². The number of rotatable bonds is 5. The average molecular weight is 706 g/mol. The van der Waals surface area contributed by atoms with Gasteiger partial charge in [0.25, 0.3) is 0 Å². The van der Waals surface area contributed by atoms with Crippen LogP contribution in [-0.4, -0.2) is 133 Å². The van der Waals surface area contributed by atoms with Gasteiger partial charge in [-0.05, 0) is 91.1 Å². The molecule has 276 valence electrons. The number of piperidine rings is 3. The predicted molar refractivity (Wildman–Crippen MR) is 183 cm³/mol. The van der Waals surface area contributed by atoms with Gasteiger partial charge < -0.3 is 24.4 Å². The highest BCUT2D eigenvalue weighted by Crippen LogP contribution is 2.68. The smallest absolute Gasteiger partial charge is 0.338 e. The summed E-state index contributed by atoms with van der Waals surface area (Å²) in [5, 5.41) is 18.8. The first kappa shape index (κ1) is 34.7. The van der Waals surface area contributed by atoms with Gasteiger partial charge in [-0.25, -0.2) is 9.59 Å². The van der Waals surface area contributed by atoms with Crippen LogP contribution in [0.2, 0.25) is 0 Å². The summed E-state index contributed by atoms with van der Waals surface area (Å²) < 4.78 is 15.5. The van der Waals surface area contributed by atoms with Gasteiger partial charge in [0.2, 0.25) is 0 Å². The number of hydrogen-bond donors (Lipinski definition) is 2. The number of nitrogens with zero attached hydrogens (tertiary/aromatic N) is 3. The summed E-state index contributed by atoms with van der Waals surface area (Å²) >= 11 is 0. The van der Waals surface area contributed by atoms with E-state index in [0.29, 0.717) is 35.5 Å². The molecule has 51 heavy (non-hydrogen) atoms. The Balaban J connectivity index is 0.000000116. The van der Waals surface area contributed by atoms with Crippen molar-refractivity contribution in [3.8, 4) is 0 Å². The maximum absolute atomic E-state index is 12.4. The lowest BCUT2D eigenvalue weighted by Gasteiger charge is -2.67. The topological polar surface area (TPSA) is 146 Å². The first-order valence-electron chi connectivity index (χ1n) is 18.6. The van der Waals surface area contributed by atoms with Crippen LogP contribution in [0, 0.1) is 28.1 Å². The van der Waals surface area contributed by atoms with Crippen molar-refractivity contribution in [2.75, 3.05) is 35.4 Å². The molecule has 2 N–H and O–H groups in total. The summed E-state index contributed by atoms with van der Waals surface area (Å²) in [7, 11) is 9.03. The summed E-state index contributed by atoms with van der Waals surface area (Å²) in [5.74, 6) is -2.54. The number of allylic oxidation sites excluding steroid dienone is 1. The van der Waals surface area contributed by atoms with Crippen molar-refractivity contribution in [1.29, 1.82) is 0 Å². The first-order valence-corrected chi connectivity index (χ1v) is 18.6. The fourth-order valence-electron chi connectivity index (χ4n) is 12.9. The summed E-state index contributed by atoms with van der Waals surface area (Å²) in [5.41, 5.74) is 2.16. The number of carbonyl (C=O) groups is 4. The zero-order valence-electron chi connectivity index (χ0n) is 30.2. The van der Waals surface area contributed by atoms with E-state index in [1.165, 1.54) is 39.9 Å². The van der Waals surface area contributed by atoms with Crippen molar-refractivity contribution >= 4 is 23.9 Å². The molecule has 5 saturated carbocycles. The molecule has 3 spiro atoms. The fraction of sp³-hybridized carbons (Fsp3) is 0.692. The van der Waals surface area contributed by atoms with E-state index in [1.54, 1.807) is 24.3 Å². The molecule has 0 radical (unpaired) electrons. The normalized spacial score (nSPS) is 44.5. The molecule has 9 aliphatic rings. The number of likely N-dealkylation sites (tertiary alicyclic amines) is 3. The molecule has 1 aromatic rings. The maximum Gasteiger partial charge on any atom is 0.338 e. The molecule has 0 amide bonds. The number of esters is 3. The highest BCUT2D eigenvalue weighted by molar-refractivity contribution is 5.91. The minimum absolute atomic E-state index is 0.0914. The fourth-order valence-corrected chi connectivity index (χ4v) is 12.9. The molecule has 13 atom stereocenters. The van der Waals surface area contributed by atoms with Gasteiger partial charge in [0, 0.05) is 52.5 Å². The van der Waals surface area contributed by atoms with Gasteiger partial charge in [-0.1, -0.05) is 24.3 Å². The quantitative estimate of drug-likeness (QED) is 0.343. The van der Waals surface area contributed by atoms with E-state index in [4.69, 9.17) is 19.3 Å². The van der Waals surface area contributed by atoms with E-state index in [-0.39, 0.29) is 46.7 Å². The molecule has 0 aromatic heterocycles. The van der Waals surface area contributed by atoms with Crippen LogP contribution in [-0.2, 0) is 28.6 Å². The number of benzene rings is 1. The summed E-state index contributed by atoms with van der Waals surface area (Å²) in [6.45, 7) is 0. The van der Waals surface area contributed by atoms with Gasteiger partial charge in [-0.15, -0.1) is 0 Å². The Bertz CT molecular complexity index is 1650. The lowest BCUT2D eigenvalue weighted by molar-refractivity contribution is -0.193. The van der Waals surface area contributed by atoms with Crippen molar-refractivity contribution in [2.24, 2.45) is 28.1 Å². The third-order valence-corrected chi connectivity index (χ3v) is 15.2. The molecule has 13 unspecified atom stereocenters. The number of carbonyl (C=O) groups excluding carboxylic acids is 3. The minimum Gasteiger partial charge on any atom is -0.481 e. The molecule has 6 aliphatic carbocycles. The van der Waals surface area contributed by atoms with Crippen molar-refractivity contribution in [3.05, 3.63) is 47.5 Å². The second-order valence-corrected chi connectivity index (χ2v) is 16.7. The first-order chi connectivity index (χ1) is 24.4. The monoisotopic (exact) mass is 705 g/mol. The molecule has 3 saturated heterocycles. The number of likely N-dealkylation sites (N-methyl/N-ethyl adjacent to an activating group) is 1. The zero-order valence-corrected chi connectivity index (χ0v) is 30.2. The lowest BCUT2D eigenvalue weighted by atomic mass is 9.52. The second-order valence-electron chi connectivity index (χ2n) is 16.7. The largest absolute Gasteiger partial charge is 0.481 e. The number of carboxylic acid groups (broad SMARTS) is 1. The van der Waals surface area contributed by atoms with Crippen molar-refractivity contribution in [1.82, 2.24) is 14.7 Å². The molecular weight excluding hydrogens is 654 g/mol. The van der Waals surface area contributed by atoms with Crippen LogP contribution in [0.5, 0.6) is 0 Å². The number of aliphatic hydroxyl groups excluding tert-OH is 1. The Labute approximate surface area is 299 Å². The van der Waals surface area contributed by atoms with Crippen LogP contribution < -0.4 is 0 Å². The van der Waals surface area contributed by atoms with Gasteiger partial charge in [-0.2, -0.15) is 0 Å². The number of aliphatic hydroxyl groups is 1. The maximum atomic E-state index is 12.4. The highest BCUT2D eigenvalue weighted by atomic mass is 16.6. The summed E-state index contributed by atoms with van der Waals surface area (Å²) in [6.07, 6.45) is 10.7. The Morgan fingerprint density at radius 2 is 1.31 bits per heavy atom. The van der Waals surface area contributed by atoms with Gasteiger partial charge in [0.1, 0.15) is 12.0 Å². The van der Waals surface area contributed by atoms with Crippen LogP contribution in [0.15, 0.2) is 42.0 Å². The van der Waals surface area contributed by atoms with Crippen molar-refractivity contribution in [2.45, 2.75) is 106 Å². The molecule has 3 aliphatic heterocycles. The molecule has 12 heteroatoms. The van der Waals surface area contributed by atoms with Crippen molar-refractivity contribution in [3.63, 3.8) is 0 Å². The summed E-state index contributed by atoms with van der Waals surface area (Å²) in [6, 6.07) is 11.3. The predicted octanol–water partition coefficient (Wildman–Crippen LogP) is 2.73. The summed E-state index contributed by atoms with van der Waals surface area (Å²) in [4.78, 5) is 54.0. The Hall–Kier alpha value is -3.32. The zero-order chi connectivity index (χ0) is 36.2. The Morgan fingerprint density at radius 3 is 1.84 bits per heavy atom. The van der Waals surface area contributed by atoms with E-state index >= 15 is 0 Å². The van der Waals surface area contributed by atoms with Gasteiger partial charge in [0.05, 0.1) is 37.4 Å².